The second-order valence-corrected chi connectivity index (χ2v) is 4.43. The molecule has 0 atom stereocenters. The quantitative estimate of drug-likeness (QED) is 0.785. The van der Waals surface area contributed by atoms with Gasteiger partial charge in [0.15, 0.2) is 0 Å². The van der Waals surface area contributed by atoms with Gasteiger partial charge in [0.05, 0.1) is 24.8 Å². The third kappa shape index (κ3) is 2.32. The van der Waals surface area contributed by atoms with E-state index in [1.54, 1.807) is 7.11 Å². The molecule has 0 aliphatic heterocycles. The highest BCUT2D eigenvalue weighted by Gasteiger charge is 2.07. The molecule has 1 N–H and O–H groups in total. The van der Waals surface area contributed by atoms with E-state index in [2.05, 4.69) is 9.97 Å². The van der Waals surface area contributed by atoms with E-state index in [1.807, 2.05) is 49.4 Å². The molecule has 1 aromatic heterocycles. The topological polar surface area (TPSA) is 47.1 Å². The number of hydrogen-bond donors (Lipinski definition) is 1. The number of aromatic nitrogens is 2. The monoisotopic (exact) mass is 268 g/mol. The molecule has 2 aromatic carbocycles. The molecule has 3 aromatic rings. The summed E-state index contributed by atoms with van der Waals surface area (Å²) in [6.45, 7) is 2.63. The Hall–Kier alpha value is -2.49. The lowest BCUT2D eigenvalue weighted by Gasteiger charge is -2.03. The summed E-state index contributed by atoms with van der Waals surface area (Å²) in [5.74, 6) is 2.49. The molecule has 0 amide bonds. The Balaban J connectivity index is 2.03. The van der Waals surface area contributed by atoms with Crippen molar-refractivity contribution in [1.29, 1.82) is 0 Å². The SMILES string of the molecule is CCOc1cccc(-c2nc3ccc(OC)cc3[nH]2)c1. The molecular formula is C16H16N2O2. The molecule has 20 heavy (non-hydrogen) atoms. The molecule has 0 bridgehead atoms. The fraction of sp³-hybridized carbons (Fsp3) is 0.188. The smallest absolute Gasteiger partial charge is 0.138 e. The number of H-pyrrole nitrogens is 1. The van der Waals surface area contributed by atoms with E-state index in [0.717, 1.165) is 33.9 Å². The Bertz CT molecular complexity index is 734. The Morgan fingerprint density at radius 2 is 2.00 bits per heavy atom. The molecule has 0 unspecified atom stereocenters. The summed E-state index contributed by atoms with van der Waals surface area (Å²) in [6, 6.07) is 13.7. The zero-order chi connectivity index (χ0) is 13.9. The van der Waals surface area contributed by atoms with Crippen molar-refractivity contribution in [3.8, 4) is 22.9 Å². The average Bonchev–Trinajstić information content (AvgIpc) is 2.90. The number of aromatic amines is 1. The van der Waals surface area contributed by atoms with Gasteiger partial charge >= 0.3 is 0 Å². The average molecular weight is 268 g/mol. The van der Waals surface area contributed by atoms with Gasteiger partial charge in [-0.2, -0.15) is 0 Å². The highest BCUT2D eigenvalue weighted by atomic mass is 16.5. The molecular weight excluding hydrogens is 252 g/mol. The molecule has 0 saturated heterocycles. The van der Waals surface area contributed by atoms with E-state index in [1.165, 1.54) is 0 Å². The summed E-state index contributed by atoms with van der Waals surface area (Å²) in [7, 11) is 1.66. The van der Waals surface area contributed by atoms with Gasteiger partial charge in [-0.15, -0.1) is 0 Å². The van der Waals surface area contributed by atoms with E-state index in [-0.39, 0.29) is 0 Å². The van der Waals surface area contributed by atoms with Crippen molar-refractivity contribution in [3.63, 3.8) is 0 Å². The minimum Gasteiger partial charge on any atom is -0.497 e. The summed E-state index contributed by atoms with van der Waals surface area (Å²) >= 11 is 0. The summed E-state index contributed by atoms with van der Waals surface area (Å²) in [4.78, 5) is 7.90. The van der Waals surface area contributed by atoms with Crippen LogP contribution in [0.2, 0.25) is 0 Å². The van der Waals surface area contributed by atoms with Crippen molar-refractivity contribution in [2.24, 2.45) is 0 Å². The number of fused-ring (bicyclic) bond motifs is 1. The maximum absolute atomic E-state index is 5.52. The molecule has 4 heteroatoms. The molecule has 0 saturated carbocycles. The third-order valence-electron chi connectivity index (χ3n) is 3.11. The molecule has 0 aliphatic rings. The Labute approximate surface area is 117 Å². The van der Waals surface area contributed by atoms with Crippen LogP contribution in [0.5, 0.6) is 11.5 Å². The van der Waals surface area contributed by atoms with Crippen LogP contribution in [0.3, 0.4) is 0 Å². The van der Waals surface area contributed by atoms with Crippen LogP contribution in [0.25, 0.3) is 22.4 Å². The molecule has 0 fully saturated rings. The van der Waals surface area contributed by atoms with Crippen LogP contribution in [0, 0.1) is 0 Å². The van der Waals surface area contributed by atoms with E-state index in [0.29, 0.717) is 6.61 Å². The lowest BCUT2D eigenvalue weighted by molar-refractivity contribution is 0.340. The molecule has 0 radical (unpaired) electrons. The Kier molecular flexibility index (Phi) is 3.29. The number of rotatable bonds is 4. The number of ether oxygens (including phenoxy) is 2. The van der Waals surface area contributed by atoms with Crippen LogP contribution in [0.1, 0.15) is 6.92 Å². The van der Waals surface area contributed by atoms with E-state index >= 15 is 0 Å². The molecule has 1 heterocycles. The minimum atomic E-state index is 0.654. The van der Waals surface area contributed by atoms with Crippen molar-refractivity contribution < 1.29 is 9.47 Å². The first kappa shape index (κ1) is 12.5. The maximum atomic E-state index is 5.52. The predicted octanol–water partition coefficient (Wildman–Crippen LogP) is 3.64. The largest absolute Gasteiger partial charge is 0.497 e. The molecule has 3 rings (SSSR count). The van der Waals surface area contributed by atoms with E-state index in [4.69, 9.17) is 9.47 Å². The van der Waals surface area contributed by atoms with Crippen LogP contribution >= 0.6 is 0 Å². The van der Waals surface area contributed by atoms with Gasteiger partial charge in [0.1, 0.15) is 17.3 Å². The van der Waals surface area contributed by atoms with Crippen molar-refractivity contribution in [3.05, 3.63) is 42.5 Å². The number of nitrogens with zero attached hydrogens (tertiary/aromatic N) is 1. The minimum absolute atomic E-state index is 0.654. The first-order valence-electron chi connectivity index (χ1n) is 6.57. The van der Waals surface area contributed by atoms with Gasteiger partial charge in [-0.05, 0) is 31.2 Å². The molecule has 4 nitrogen and oxygen atoms in total. The Morgan fingerprint density at radius 1 is 1.10 bits per heavy atom. The number of benzene rings is 2. The van der Waals surface area contributed by atoms with Gasteiger partial charge in [-0.25, -0.2) is 4.98 Å². The van der Waals surface area contributed by atoms with Gasteiger partial charge in [0.2, 0.25) is 0 Å². The van der Waals surface area contributed by atoms with Gasteiger partial charge in [-0.1, -0.05) is 12.1 Å². The second kappa shape index (κ2) is 5.25. The molecule has 0 spiro atoms. The molecule has 0 aliphatic carbocycles. The normalized spacial score (nSPS) is 10.7. The number of imidazole rings is 1. The summed E-state index contributed by atoms with van der Waals surface area (Å²) in [5, 5.41) is 0. The predicted molar refractivity (Wildman–Crippen MR) is 79.3 cm³/mol. The van der Waals surface area contributed by atoms with Crippen LogP contribution in [0.4, 0.5) is 0 Å². The zero-order valence-corrected chi connectivity index (χ0v) is 11.5. The van der Waals surface area contributed by atoms with E-state index in [9.17, 15) is 0 Å². The highest BCUT2D eigenvalue weighted by molar-refractivity contribution is 5.80. The standard InChI is InChI=1S/C16H16N2O2/c1-3-20-13-6-4-5-11(9-13)16-17-14-8-7-12(19-2)10-15(14)18-16/h4-10H,3H2,1-2H3,(H,17,18). The van der Waals surface area contributed by atoms with E-state index < -0.39 is 0 Å². The van der Waals surface area contributed by atoms with Crippen LogP contribution in [-0.4, -0.2) is 23.7 Å². The van der Waals surface area contributed by atoms with Crippen molar-refractivity contribution in [2.45, 2.75) is 6.92 Å². The summed E-state index contributed by atoms with van der Waals surface area (Å²) < 4.78 is 10.7. The highest BCUT2D eigenvalue weighted by Crippen LogP contribution is 2.25. The maximum Gasteiger partial charge on any atom is 0.138 e. The lowest BCUT2D eigenvalue weighted by atomic mass is 10.2. The van der Waals surface area contributed by atoms with Crippen molar-refractivity contribution in [1.82, 2.24) is 9.97 Å². The fourth-order valence-electron chi connectivity index (χ4n) is 2.15. The Morgan fingerprint density at radius 3 is 2.80 bits per heavy atom. The van der Waals surface area contributed by atoms with Gasteiger partial charge < -0.3 is 14.5 Å². The van der Waals surface area contributed by atoms with Crippen molar-refractivity contribution >= 4 is 11.0 Å². The number of hydrogen-bond acceptors (Lipinski definition) is 3. The molecule has 102 valence electrons. The zero-order valence-electron chi connectivity index (χ0n) is 11.5. The summed E-state index contributed by atoms with van der Waals surface area (Å²) in [6.07, 6.45) is 0. The van der Waals surface area contributed by atoms with Crippen LogP contribution < -0.4 is 9.47 Å². The summed E-state index contributed by atoms with van der Waals surface area (Å²) in [5.41, 5.74) is 2.88. The second-order valence-electron chi connectivity index (χ2n) is 4.43. The van der Waals surface area contributed by atoms with Crippen LogP contribution in [0.15, 0.2) is 42.5 Å². The first-order chi connectivity index (χ1) is 9.80. The van der Waals surface area contributed by atoms with Gasteiger partial charge in [0, 0.05) is 11.6 Å². The number of nitrogens with one attached hydrogen (secondary N) is 1. The van der Waals surface area contributed by atoms with Crippen molar-refractivity contribution in [2.75, 3.05) is 13.7 Å². The van der Waals surface area contributed by atoms with Gasteiger partial charge in [0.25, 0.3) is 0 Å². The van der Waals surface area contributed by atoms with Crippen LogP contribution in [-0.2, 0) is 0 Å². The van der Waals surface area contributed by atoms with Gasteiger partial charge in [-0.3, -0.25) is 0 Å². The number of methoxy groups -OCH3 is 1. The third-order valence-corrected chi connectivity index (χ3v) is 3.11. The first-order valence-corrected chi connectivity index (χ1v) is 6.57. The lowest BCUT2D eigenvalue weighted by Crippen LogP contribution is -1.91. The fourth-order valence-corrected chi connectivity index (χ4v) is 2.15.